The molecule has 0 spiro atoms. The van der Waals surface area contributed by atoms with Crippen LogP contribution in [0.4, 0.5) is 0 Å². The first-order valence-electron chi connectivity index (χ1n) is 9.96. The van der Waals surface area contributed by atoms with Gasteiger partial charge in [0.05, 0.1) is 35.6 Å². The van der Waals surface area contributed by atoms with Crippen molar-refractivity contribution in [1.29, 1.82) is 0 Å². The minimum Gasteiger partial charge on any atom is -0.467 e. The minimum absolute atomic E-state index is 0.0616. The Hall–Kier alpha value is -2.58. The Morgan fingerprint density at radius 2 is 2.07 bits per heavy atom. The number of carbonyl (C=O) groups is 1. The van der Waals surface area contributed by atoms with E-state index in [0.717, 1.165) is 5.76 Å². The Kier molecular flexibility index (Phi) is 7.70. The number of hydrogen-bond acceptors (Lipinski definition) is 6. The monoisotopic (exact) mass is 429 g/mol. The number of nitrogens with zero attached hydrogens (tertiary/aromatic N) is 3. The van der Waals surface area contributed by atoms with E-state index in [4.69, 9.17) is 9.15 Å². The Labute approximate surface area is 180 Å². The van der Waals surface area contributed by atoms with Crippen LogP contribution >= 0.6 is 11.8 Å². The SMILES string of the molecule is CC(C)OCCCn1c(SCC(=O)N(C)Cc2ccco2)nc2ccccc2c1=O. The molecule has 8 heteroatoms. The number of rotatable bonds is 10. The summed E-state index contributed by atoms with van der Waals surface area (Å²) >= 11 is 1.28. The molecule has 0 unspecified atom stereocenters. The molecule has 7 nitrogen and oxygen atoms in total. The van der Waals surface area contributed by atoms with Crippen molar-refractivity contribution in [2.75, 3.05) is 19.4 Å². The molecule has 0 N–H and O–H groups in total. The fourth-order valence-corrected chi connectivity index (χ4v) is 3.92. The second-order valence-electron chi connectivity index (χ2n) is 7.26. The number of furan rings is 1. The Balaban J connectivity index is 1.74. The van der Waals surface area contributed by atoms with Crippen molar-refractivity contribution < 1.29 is 13.9 Å². The smallest absolute Gasteiger partial charge is 0.262 e. The third kappa shape index (κ3) is 5.73. The molecule has 160 valence electrons. The summed E-state index contributed by atoms with van der Waals surface area (Å²) in [7, 11) is 1.73. The van der Waals surface area contributed by atoms with Crippen molar-refractivity contribution in [1.82, 2.24) is 14.5 Å². The fourth-order valence-electron chi connectivity index (χ4n) is 2.96. The van der Waals surface area contributed by atoms with Crippen LogP contribution in [0.2, 0.25) is 0 Å². The van der Waals surface area contributed by atoms with E-state index in [1.807, 2.05) is 38.1 Å². The first kappa shape index (κ1) is 22.1. The number of ether oxygens (including phenoxy) is 1. The molecule has 30 heavy (non-hydrogen) atoms. The van der Waals surface area contributed by atoms with Gasteiger partial charge in [-0.25, -0.2) is 4.98 Å². The molecule has 0 aliphatic carbocycles. The van der Waals surface area contributed by atoms with Gasteiger partial charge >= 0.3 is 0 Å². The maximum absolute atomic E-state index is 13.0. The number of carbonyl (C=O) groups excluding carboxylic acids is 1. The molecule has 0 radical (unpaired) electrons. The van der Waals surface area contributed by atoms with Gasteiger partial charge in [0.1, 0.15) is 5.76 Å². The largest absolute Gasteiger partial charge is 0.467 e. The lowest BCUT2D eigenvalue weighted by Crippen LogP contribution is -2.29. The number of fused-ring (bicyclic) bond motifs is 1. The number of amides is 1. The van der Waals surface area contributed by atoms with E-state index >= 15 is 0 Å². The van der Waals surface area contributed by atoms with Crippen LogP contribution in [0.15, 0.2) is 57.0 Å². The first-order chi connectivity index (χ1) is 14.5. The lowest BCUT2D eigenvalue weighted by molar-refractivity contribution is -0.127. The van der Waals surface area contributed by atoms with Crippen molar-refractivity contribution in [2.24, 2.45) is 0 Å². The van der Waals surface area contributed by atoms with Gasteiger partial charge in [-0.15, -0.1) is 0 Å². The fraction of sp³-hybridized carbons (Fsp3) is 0.409. The lowest BCUT2D eigenvalue weighted by atomic mass is 10.2. The molecule has 1 aromatic carbocycles. The molecule has 3 aromatic rings. The van der Waals surface area contributed by atoms with Gasteiger partial charge in [0, 0.05) is 20.2 Å². The highest BCUT2D eigenvalue weighted by Crippen LogP contribution is 2.19. The summed E-state index contributed by atoms with van der Waals surface area (Å²) < 4.78 is 12.5. The van der Waals surface area contributed by atoms with Crippen molar-refractivity contribution in [3.05, 3.63) is 58.8 Å². The number of thioether (sulfide) groups is 1. The highest BCUT2D eigenvalue weighted by molar-refractivity contribution is 7.99. The zero-order valence-corrected chi connectivity index (χ0v) is 18.4. The van der Waals surface area contributed by atoms with E-state index in [1.54, 1.807) is 34.9 Å². The number of benzene rings is 1. The first-order valence-corrected chi connectivity index (χ1v) is 10.9. The zero-order chi connectivity index (χ0) is 21.5. The van der Waals surface area contributed by atoms with Gasteiger partial charge in [-0.2, -0.15) is 0 Å². The Morgan fingerprint density at radius 3 is 2.80 bits per heavy atom. The Bertz CT molecular complexity index is 1030. The molecule has 0 saturated carbocycles. The number of hydrogen-bond donors (Lipinski definition) is 0. The highest BCUT2D eigenvalue weighted by Gasteiger charge is 2.16. The normalized spacial score (nSPS) is 11.3. The van der Waals surface area contributed by atoms with Crippen LogP contribution in [0, 0.1) is 0 Å². The summed E-state index contributed by atoms with van der Waals surface area (Å²) in [5.41, 5.74) is 0.542. The molecule has 0 bridgehead atoms. The molecule has 2 heterocycles. The Morgan fingerprint density at radius 1 is 1.27 bits per heavy atom. The van der Waals surface area contributed by atoms with Gasteiger partial charge in [0.25, 0.3) is 5.56 Å². The van der Waals surface area contributed by atoms with Gasteiger partial charge in [0.15, 0.2) is 5.16 Å². The number of aromatic nitrogens is 2. The summed E-state index contributed by atoms with van der Waals surface area (Å²) in [5.74, 6) is 0.847. The summed E-state index contributed by atoms with van der Waals surface area (Å²) in [5, 5.41) is 1.12. The van der Waals surface area contributed by atoms with Gasteiger partial charge in [-0.05, 0) is 44.5 Å². The average Bonchev–Trinajstić information content (AvgIpc) is 3.23. The standard InChI is InChI=1S/C22H27N3O4S/c1-16(2)28-13-7-11-25-21(27)18-9-4-5-10-19(18)23-22(25)30-15-20(26)24(3)14-17-8-6-12-29-17/h4-6,8-10,12,16H,7,11,13-15H2,1-3H3. The second kappa shape index (κ2) is 10.4. The molecule has 0 atom stereocenters. The van der Waals surface area contributed by atoms with Gasteiger partial charge in [-0.1, -0.05) is 23.9 Å². The third-order valence-corrected chi connectivity index (χ3v) is 5.49. The van der Waals surface area contributed by atoms with Crippen LogP contribution in [0.5, 0.6) is 0 Å². The second-order valence-corrected chi connectivity index (χ2v) is 8.20. The van der Waals surface area contributed by atoms with Crippen LogP contribution in [0.3, 0.4) is 0 Å². The van der Waals surface area contributed by atoms with Crippen LogP contribution in [-0.4, -0.2) is 45.9 Å². The van der Waals surface area contributed by atoms with Crippen LogP contribution < -0.4 is 5.56 Å². The third-order valence-electron chi connectivity index (χ3n) is 4.53. The minimum atomic E-state index is -0.0935. The van der Waals surface area contributed by atoms with E-state index in [0.29, 0.717) is 42.2 Å². The predicted octanol–water partition coefficient (Wildman–Crippen LogP) is 3.56. The zero-order valence-electron chi connectivity index (χ0n) is 17.5. The van der Waals surface area contributed by atoms with E-state index in [-0.39, 0.29) is 23.3 Å². The molecular formula is C22H27N3O4S. The molecule has 0 fully saturated rings. The summed E-state index contributed by atoms with van der Waals surface area (Å²) in [4.78, 5) is 31.9. The van der Waals surface area contributed by atoms with Crippen molar-refractivity contribution >= 4 is 28.6 Å². The molecule has 0 aliphatic heterocycles. The molecule has 0 aliphatic rings. The highest BCUT2D eigenvalue weighted by atomic mass is 32.2. The van der Waals surface area contributed by atoms with E-state index < -0.39 is 0 Å². The quantitative estimate of drug-likeness (QED) is 0.279. The maximum atomic E-state index is 13.0. The van der Waals surface area contributed by atoms with Gasteiger partial charge in [0.2, 0.25) is 5.91 Å². The summed E-state index contributed by atoms with van der Waals surface area (Å²) in [6.45, 7) is 5.41. The van der Waals surface area contributed by atoms with Crippen LogP contribution in [0.25, 0.3) is 10.9 Å². The van der Waals surface area contributed by atoms with Gasteiger partial charge in [-0.3, -0.25) is 14.2 Å². The summed E-state index contributed by atoms with van der Waals surface area (Å²) in [6.07, 6.45) is 2.42. The van der Waals surface area contributed by atoms with Crippen molar-refractivity contribution in [2.45, 2.75) is 44.6 Å². The van der Waals surface area contributed by atoms with Gasteiger partial charge < -0.3 is 14.1 Å². The molecule has 3 rings (SSSR count). The van der Waals surface area contributed by atoms with Crippen molar-refractivity contribution in [3.8, 4) is 0 Å². The average molecular weight is 430 g/mol. The predicted molar refractivity (Wildman–Crippen MR) is 118 cm³/mol. The van der Waals surface area contributed by atoms with E-state index in [9.17, 15) is 9.59 Å². The summed E-state index contributed by atoms with van der Waals surface area (Å²) in [6, 6.07) is 10.9. The topological polar surface area (TPSA) is 77.6 Å². The number of para-hydroxylation sites is 1. The molecular weight excluding hydrogens is 402 g/mol. The van der Waals surface area contributed by atoms with Crippen LogP contribution in [0.1, 0.15) is 26.0 Å². The van der Waals surface area contributed by atoms with E-state index in [1.165, 1.54) is 11.8 Å². The lowest BCUT2D eigenvalue weighted by Gasteiger charge is -2.17. The van der Waals surface area contributed by atoms with E-state index in [2.05, 4.69) is 4.98 Å². The molecule has 1 amide bonds. The molecule has 0 saturated heterocycles. The van der Waals surface area contributed by atoms with Crippen molar-refractivity contribution in [3.63, 3.8) is 0 Å². The van der Waals surface area contributed by atoms with Crippen LogP contribution in [-0.2, 0) is 22.6 Å². The molecule has 2 aromatic heterocycles. The maximum Gasteiger partial charge on any atom is 0.262 e.